The van der Waals surface area contributed by atoms with Crippen molar-refractivity contribution in [1.82, 2.24) is 9.55 Å². The summed E-state index contributed by atoms with van der Waals surface area (Å²) in [7, 11) is 1.19. The molecule has 0 saturated carbocycles. The topological polar surface area (TPSA) is 90.3 Å². The van der Waals surface area contributed by atoms with Gasteiger partial charge in [0.05, 0.1) is 12.5 Å². The molecule has 0 radical (unpaired) electrons. The number of nitrogens with one attached hydrogen (secondary N) is 1. The summed E-state index contributed by atoms with van der Waals surface area (Å²) in [5, 5.41) is 3.45. The van der Waals surface area contributed by atoms with Crippen molar-refractivity contribution in [2.24, 2.45) is 0 Å². The summed E-state index contributed by atoms with van der Waals surface area (Å²) in [5.41, 5.74) is 0.878. The lowest BCUT2D eigenvalue weighted by Crippen LogP contribution is -2.25. The third-order valence-corrected chi connectivity index (χ3v) is 4.12. The Morgan fingerprint density at radius 2 is 2.04 bits per heavy atom. The number of nitrogens with zero attached hydrogens (tertiary/aromatic N) is 2. The number of carbonyl (C=O) groups is 2. The largest absolute Gasteiger partial charge is 0.465 e. The number of rotatable bonds is 4. The van der Waals surface area contributed by atoms with Crippen LogP contribution in [0.25, 0.3) is 11.0 Å². The van der Waals surface area contributed by atoms with Crippen LogP contribution in [0.5, 0.6) is 0 Å². The molecule has 0 bridgehead atoms. The molecule has 0 fully saturated rings. The van der Waals surface area contributed by atoms with Crippen molar-refractivity contribution in [2.75, 3.05) is 12.4 Å². The Labute approximate surface area is 159 Å². The van der Waals surface area contributed by atoms with E-state index < -0.39 is 11.4 Å². The fourth-order valence-electron chi connectivity index (χ4n) is 2.66. The Bertz CT molecular complexity index is 1110. The quantitative estimate of drug-likeness (QED) is 0.697. The van der Waals surface area contributed by atoms with Crippen LogP contribution >= 0.6 is 11.6 Å². The van der Waals surface area contributed by atoms with Gasteiger partial charge in [0.15, 0.2) is 0 Å². The number of pyridine rings is 2. The highest BCUT2D eigenvalue weighted by Gasteiger charge is 2.18. The minimum Gasteiger partial charge on any atom is -0.465 e. The molecule has 2 aromatic heterocycles. The first-order valence-electron chi connectivity index (χ1n) is 8.03. The van der Waals surface area contributed by atoms with E-state index in [1.807, 2.05) is 0 Å². The van der Waals surface area contributed by atoms with Crippen LogP contribution < -0.4 is 10.7 Å². The second kappa shape index (κ2) is 7.59. The monoisotopic (exact) mass is 385 g/mol. The van der Waals surface area contributed by atoms with Crippen molar-refractivity contribution >= 4 is 40.2 Å². The third kappa shape index (κ3) is 3.98. The maximum atomic E-state index is 12.5. The maximum absolute atomic E-state index is 12.5. The Kier molecular flexibility index (Phi) is 5.23. The number of halogens is 1. The number of hydrogen-bond donors (Lipinski definition) is 1. The molecule has 1 aromatic carbocycles. The van der Waals surface area contributed by atoms with Gasteiger partial charge in [-0.2, -0.15) is 0 Å². The zero-order valence-electron chi connectivity index (χ0n) is 14.7. The van der Waals surface area contributed by atoms with E-state index in [0.29, 0.717) is 22.1 Å². The molecule has 0 aliphatic heterocycles. The molecule has 0 saturated heterocycles. The predicted molar refractivity (Wildman–Crippen MR) is 102 cm³/mol. The number of benzene rings is 1. The van der Waals surface area contributed by atoms with E-state index in [-0.39, 0.29) is 23.4 Å². The van der Waals surface area contributed by atoms with Crippen LogP contribution in [0.4, 0.5) is 5.69 Å². The molecule has 3 rings (SSSR count). The van der Waals surface area contributed by atoms with Crippen LogP contribution in [0.2, 0.25) is 5.02 Å². The maximum Gasteiger partial charge on any atom is 0.343 e. The average Bonchev–Trinajstić information content (AvgIpc) is 2.63. The van der Waals surface area contributed by atoms with E-state index in [4.69, 9.17) is 11.6 Å². The van der Waals surface area contributed by atoms with E-state index in [1.54, 1.807) is 43.3 Å². The minimum atomic E-state index is -0.772. The Balaban J connectivity index is 2.03. The number of esters is 1. The molecule has 138 valence electrons. The van der Waals surface area contributed by atoms with Gasteiger partial charge in [0.25, 0.3) is 0 Å². The Morgan fingerprint density at radius 3 is 2.74 bits per heavy atom. The SMILES string of the molecule is COC(=O)c1cn(CC(=O)Nc2cccc(Cl)c2)c2nc(C)ccc2c1=O. The zero-order chi connectivity index (χ0) is 19.6. The molecule has 3 aromatic rings. The van der Waals surface area contributed by atoms with Gasteiger partial charge in [0, 0.05) is 22.6 Å². The van der Waals surface area contributed by atoms with Crippen molar-refractivity contribution in [3.05, 3.63) is 69.1 Å². The molecule has 8 heteroatoms. The zero-order valence-corrected chi connectivity index (χ0v) is 15.4. The predicted octanol–water partition coefficient (Wildman–Crippen LogP) is 2.78. The summed E-state index contributed by atoms with van der Waals surface area (Å²) in [5.74, 6) is -1.13. The highest BCUT2D eigenvalue weighted by molar-refractivity contribution is 6.30. The van der Waals surface area contributed by atoms with Gasteiger partial charge in [0.2, 0.25) is 11.3 Å². The lowest BCUT2D eigenvalue weighted by Gasteiger charge is -2.13. The van der Waals surface area contributed by atoms with E-state index in [0.717, 1.165) is 0 Å². The molecule has 1 N–H and O–H groups in total. The molecule has 0 aliphatic carbocycles. The van der Waals surface area contributed by atoms with Crippen LogP contribution in [0.3, 0.4) is 0 Å². The molecule has 0 spiro atoms. The number of carbonyl (C=O) groups excluding carboxylic acids is 2. The molecular formula is C19H16ClN3O4. The average molecular weight is 386 g/mol. The molecule has 1 amide bonds. The summed E-state index contributed by atoms with van der Waals surface area (Å²) in [6.07, 6.45) is 1.29. The van der Waals surface area contributed by atoms with Crippen LogP contribution in [0.1, 0.15) is 16.1 Å². The fraction of sp³-hybridized carbons (Fsp3) is 0.158. The fourth-order valence-corrected chi connectivity index (χ4v) is 2.85. The molecule has 0 unspecified atom stereocenters. The van der Waals surface area contributed by atoms with Crippen molar-refractivity contribution in [3.63, 3.8) is 0 Å². The second-order valence-corrected chi connectivity index (χ2v) is 6.31. The van der Waals surface area contributed by atoms with Crippen LogP contribution in [-0.2, 0) is 16.1 Å². The number of ether oxygens (including phenoxy) is 1. The summed E-state index contributed by atoms with van der Waals surface area (Å²) in [6.45, 7) is 1.62. The second-order valence-electron chi connectivity index (χ2n) is 5.87. The van der Waals surface area contributed by atoms with Crippen LogP contribution in [0, 0.1) is 6.92 Å². The molecule has 2 heterocycles. The van der Waals surface area contributed by atoms with Gasteiger partial charge in [-0.25, -0.2) is 9.78 Å². The van der Waals surface area contributed by atoms with Gasteiger partial charge in [0.1, 0.15) is 17.8 Å². The third-order valence-electron chi connectivity index (χ3n) is 3.89. The summed E-state index contributed by atoms with van der Waals surface area (Å²) in [4.78, 5) is 41.3. The number of aryl methyl sites for hydroxylation is 1. The Hall–Kier alpha value is -3.19. The van der Waals surface area contributed by atoms with Gasteiger partial charge in [-0.1, -0.05) is 17.7 Å². The van der Waals surface area contributed by atoms with E-state index in [1.165, 1.54) is 17.9 Å². The van der Waals surface area contributed by atoms with Crippen molar-refractivity contribution < 1.29 is 14.3 Å². The van der Waals surface area contributed by atoms with Gasteiger partial charge in [-0.15, -0.1) is 0 Å². The molecule has 0 aliphatic rings. The lowest BCUT2D eigenvalue weighted by molar-refractivity contribution is -0.116. The van der Waals surface area contributed by atoms with Gasteiger partial charge in [-0.3, -0.25) is 9.59 Å². The standard InChI is InChI=1S/C19H16ClN3O4/c1-11-6-7-14-17(25)15(19(26)27-2)9-23(18(14)21-11)10-16(24)22-13-5-3-4-12(20)8-13/h3-9H,10H2,1-2H3,(H,22,24). The smallest absolute Gasteiger partial charge is 0.343 e. The van der Waals surface area contributed by atoms with E-state index >= 15 is 0 Å². The van der Waals surface area contributed by atoms with Crippen LogP contribution in [0.15, 0.2) is 47.4 Å². The van der Waals surface area contributed by atoms with Gasteiger partial charge < -0.3 is 14.6 Å². The summed E-state index contributed by atoms with van der Waals surface area (Å²) in [6, 6.07) is 9.98. The van der Waals surface area contributed by atoms with E-state index in [9.17, 15) is 14.4 Å². The molecule has 27 heavy (non-hydrogen) atoms. The van der Waals surface area contributed by atoms with Crippen molar-refractivity contribution in [2.45, 2.75) is 13.5 Å². The number of amides is 1. The summed E-state index contributed by atoms with van der Waals surface area (Å²) < 4.78 is 6.12. The van der Waals surface area contributed by atoms with Crippen molar-refractivity contribution in [1.29, 1.82) is 0 Å². The first-order chi connectivity index (χ1) is 12.9. The number of methoxy groups -OCH3 is 1. The highest BCUT2D eigenvalue weighted by Crippen LogP contribution is 2.16. The normalized spacial score (nSPS) is 10.6. The number of aromatic nitrogens is 2. The molecule has 0 atom stereocenters. The minimum absolute atomic E-state index is 0.149. The Morgan fingerprint density at radius 1 is 1.26 bits per heavy atom. The first-order valence-corrected chi connectivity index (χ1v) is 8.41. The lowest BCUT2D eigenvalue weighted by atomic mass is 10.2. The number of hydrogen-bond acceptors (Lipinski definition) is 5. The highest BCUT2D eigenvalue weighted by atomic mass is 35.5. The molecular weight excluding hydrogens is 370 g/mol. The van der Waals surface area contributed by atoms with Crippen LogP contribution in [-0.4, -0.2) is 28.5 Å². The van der Waals surface area contributed by atoms with Gasteiger partial charge in [-0.05, 0) is 37.3 Å². The van der Waals surface area contributed by atoms with Crippen molar-refractivity contribution in [3.8, 4) is 0 Å². The first kappa shape index (κ1) is 18.6. The number of fused-ring (bicyclic) bond motifs is 1. The molecule has 7 nitrogen and oxygen atoms in total. The summed E-state index contributed by atoms with van der Waals surface area (Å²) >= 11 is 5.92. The van der Waals surface area contributed by atoms with Gasteiger partial charge >= 0.3 is 5.97 Å². The number of anilines is 1. The van der Waals surface area contributed by atoms with E-state index in [2.05, 4.69) is 15.0 Å².